The molecule has 272 valence electrons. The number of aromatic hydroxyl groups is 3. The van der Waals surface area contributed by atoms with E-state index in [-0.39, 0.29) is 82.3 Å². The number of carbonyl (C=O) groups is 3. The Morgan fingerprint density at radius 2 is 1.40 bits per heavy atom. The average molecular weight is 740 g/mol. The van der Waals surface area contributed by atoms with Crippen LogP contribution in [0.4, 0.5) is 21.9 Å². The number of methoxy groups -OCH3 is 2. The molecule has 0 aliphatic carbocycles. The number of fused-ring (bicyclic) bond motifs is 9. The molecule has 15 nitrogen and oxygen atoms in total. The Labute approximate surface area is 305 Å². The van der Waals surface area contributed by atoms with E-state index in [9.17, 15) is 29.7 Å². The summed E-state index contributed by atoms with van der Waals surface area (Å²) in [7, 11) is 2.77. The van der Waals surface area contributed by atoms with Crippen molar-refractivity contribution in [3.05, 3.63) is 58.0 Å². The third kappa shape index (κ3) is 4.30. The number of phenolic OH excluding ortho intramolecular Hbond substituents is 3. The zero-order chi connectivity index (χ0) is 37.2. The third-order valence-corrected chi connectivity index (χ3v) is 11.3. The minimum atomic E-state index is -0.719. The number of anilines is 3. The minimum absolute atomic E-state index is 0.0212. The van der Waals surface area contributed by atoms with Gasteiger partial charge in [0.25, 0.3) is 11.8 Å². The van der Waals surface area contributed by atoms with Crippen LogP contribution in [0, 0.1) is 6.92 Å². The number of H-pyrrole nitrogens is 3. The van der Waals surface area contributed by atoms with Gasteiger partial charge in [0.2, 0.25) is 0 Å². The SMILES string of the molecule is COc1c(O)c2c(c3cc(C(=O)N4CCc5c4c(O)c(OC)c4[nH]c(C(=O)N6CC(CCl)c7c6cc(O)c6[nH]cc(C)c76)cc54)[nH]c13)CCN2C(N)=O. The van der Waals surface area contributed by atoms with Crippen molar-refractivity contribution in [3.63, 3.8) is 0 Å². The van der Waals surface area contributed by atoms with Gasteiger partial charge in [-0.1, -0.05) is 0 Å². The second kappa shape index (κ2) is 11.4. The summed E-state index contributed by atoms with van der Waals surface area (Å²) in [5.41, 5.74) is 11.5. The highest BCUT2D eigenvalue weighted by Crippen LogP contribution is 2.52. The molecule has 6 aromatic rings. The van der Waals surface area contributed by atoms with E-state index in [0.717, 1.165) is 16.5 Å². The van der Waals surface area contributed by atoms with Gasteiger partial charge >= 0.3 is 6.03 Å². The number of amides is 4. The van der Waals surface area contributed by atoms with Crippen LogP contribution in [-0.2, 0) is 12.8 Å². The molecule has 0 radical (unpaired) electrons. The molecule has 8 N–H and O–H groups in total. The molecular weight excluding hydrogens is 706 g/mol. The van der Waals surface area contributed by atoms with E-state index in [1.54, 1.807) is 23.1 Å². The Morgan fingerprint density at radius 1 is 0.849 bits per heavy atom. The fraction of sp³-hybridized carbons (Fsp3) is 0.270. The van der Waals surface area contributed by atoms with Crippen LogP contribution in [0.2, 0.25) is 0 Å². The fourth-order valence-electron chi connectivity index (χ4n) is 8.68. The zero-order valence-electron chi connectivity index (χ0n) is 28.8. The maximum absolute atomic E-state index is 14.3. The number of ether oxygens (including phenoxy) is 2. The maximum Gasteiger partial charge on any atom is 0.319 e. The van der Waals surface area contributed by atoms with Crippen molar-refractivity contribution >= 4 is 79.2 Å². The average Bonchev–Trinajstić information content (AvgIpc) is 3.98. The van der Waals surface area contributed by atoms with Crippen molar-refractivity contribution in [2.24, 2.45) is 5.73 Å². The minimum Gasteiger partial charge on any atom is -0.506 e. The van der Waals surface area contributed by atoms with Crippen LogP contribution in [0.15, 0.2) is 24.4 Å². The molecule has 1 atom stereocenters. The summed E-state index contributed by atoms with van der Waals surface area (Å²) < 4.78 is 11.2. The first-order chi connectivity index (χ1) is 25.5. The molecule has 0 fully saturated rings. The van der Waals surface area contributed by atoms with Gasteiger partial charge in [-0.15, -0.1) is 11.6 Å². The monoisotopic (exact) mass is 739 g/mol. The Hall–Kier alpha value is -6.22. The van der Waals surface area contributed by atoms with Gasteiger partial charge in [-0.05, 0) is 54.2 Å². The van der Waals surface area contributed by atoms with Crippen molar-refractivity contribution in [1.29, 1.82) is 0 Å². The Morgan fingerprint density at radius 3 is 1.94 bits per heavy atom. The van der Waals surface area contributed by atoms with Crippen molar-refractivity contribution in [3.8, 4) is 28.7 Å². The molecule has 3 aromatic heterocycles. The van der Waals surface area contributed by atoms with Crippen LogP contribution < -0.4 is 29.9 Å². The molecule has 3 aliphatic heterocycles. The van der Waals surface area contributed by atoms with Gasteiger partial charge in [0, 0.05) is 59.9 Å². The number of primary amides is 1. The first-order valence-electron chi connectivity index (χ1n) is 17.0. The Bertz CT molecular complexity index is 2620. The van der Waals surface area contributed by atoms with E-state index >= 15 is 0 Å². The summed E-state index contributed by atoms with van der Waals surface area (Å²) in [6.45, 7) is 2.71. The zero-order valence-corrected chi connectivity index (χ0v) is 29.6. The summed E-state index contributed by atoms with van der Waals surface area (Å²) in [6, 6.07) is 4.20. The molecule has 1 unspecified atom stereocenters. The number of nitrogens with one attached hydrogen (secondary N) is 3. The number of halogens is 1. The number of phenols is 3. The van der Waals surface area contributed by atoms with Crippen LogP contribution in [-0.4, -0.2) is 87.9 Å². The summed E-state index contributed by atoms with van der Waals surface area (Å²) in [5.74, 6) is -1.11. The fourth-order valence-corrected chi connectivity index (χ4v) is 8.93. The van der Waals surface area contributed by atoms with Crippen LogP contribution in [0.5, 0.6) is 28.7 Å². The molecule has 0 spiro atoms. The van der Waals surface area contributed by atoms with Crippen molar-refractivity contribution in [2.45, 2.75) is 25.7 Å². The molecule has 0 bridgehead atoms. The topological polar surface area (TPSA) is 213 Å². The summed E-state index contributed by atoms with van der Waals surface area (Å²) in [4.78, 5) is 54.4. The lowest BCUT2D eigenvalue weighted by atomic mass is 9.97. The molecule has 0 saturated carbocycles. The quantitative estimate of drug-likeness (QED) is 0.116. The summed E-state index contributed by atoms with van der Waals surface area (Å²) in [5, 5.41) is 35.6. The van der Waals surface area contributed by atoms with Crippen molar-refractivity contribution < 1.29 is 39.2 Å². The Kier molecular flexibility index (Phi) is 7.02. The number of alkyl halides is 1. The molecule has 6 heterocycles. The lowest BCUT2D eigenvalue weighted by Crippen LogP contribution is -2.34. The van der Waals surface area contributed by atoms with Crippen LogP contribution in [0.1, 0.15) is 49.1 Å². The maximum atomic E-state index is 14.3. The number of nitrogens with zero attached hydrogens (tertiary/aromatic N) is 3. The number of hydrogen-bond acceptors (Lipinski definition) is 8. The normalized spacial score (nSPS) is 16.2. The van der Waals surface area contributed by atoms with E-state index in [4.69, 9.17) is 26.8 Å². The molecule has 4 amide bonds. The van der Waals surface area contributed by atoms with Crippen molar-refractivity contribution in [2.75, 3.05) is 54.4 Å². The summed E-state index contributed by atoms with van der Waals surface area (Å²) in [6.07, 6.45) is 2.59. The lowest BCUT2D eigenvalue weighted by Gasteiger charge is -2.19. The number of nitrogens with two attached hydrogens (primary N) is 1. The number of carbonyl (C=O) groups excluding carboxylic acids is 3. The molecule has 16 heteroatoms. The van der Waals surface area contributed by atoms with E-state index in [1.807, 2.05) is 13.1 Å². The van der Waals surface area contributed by atoms with Gasteiger partial charge in [-0.2, -0.15) is 0 Å². The number of aryl methyl sites for hydroxylation is 1. The number of hydrogen-bond donors (Lipinski definition) is 7. The second-order valence-electron chi connectivity index (χ2n) is 13.6. The molecule has 53 heavy (non-hydrogen) atoms. The van der Waals surface area contributed by atoms with E-state index in [1.165, 1.54) is 24.0 Å². The standard InChI is InChI=1S/C37H34ClN7O8/c1-14-12-40-28-23(46)10-22-25(24(14)28)15(11-38)13-45(22)36(50)21-9-18-16-4-6-43(29(16)31(47)33(52-2)26(18)42-21)35(49)20-8-19-17-5-7-44(37(39)51)30(17)32(48)34(53-3)27(19)41-20/h8-10,12,15,40-42,46-48H,4-7,11,13H2,1-3H3,(H2,39,51). The smallest absolute Gasteiger partial charge is 0.319 e. The van der Waals surface area contributed by atoms with Gasteiger partial charge in [0.05, 0.1) is 47.8 Å². The highest BCUT2D eigenvalue weighted by atomic mass is 35.5. The number of aromatic amines is 3. The van der Waals surface area contributed by atoms with E-state index < -0.39 is 11.9 Å². The highest BCUT2D eigenvalue weighted by Gasteiger charge is 2.39. The van der Waals surface area contributed by atoms with Gasteiger partial charge in [-0.3, -0.25) is 14.5 Å². The van der Waals surface area contributed by atoms with E-state index in [0.29, 0.717) is 63.5 Å². The highest BCUT2D eigenvalue weighted by molar-refractivity contribution is 6.20. The second-order valence-corrected chi connectivity index (χ2v) is 13.9. The molecule has 3 aromatic carbocycles. The van der Waals surface area contributed by atoms with Gasteiger partial charge in [0.15, 0.2) is 23.0 Å². The predicted molar refractivity (Wildman–Crippen MR) is 199 cm³/mol. The number of rotatable bonds is 5. The van der Waals surface area contributed by atoms with Crippen LogP contribution >= 0.6 is 11.6 Å². The van der Waals surface area contributed by atoms with Gasteiger partial charge in [-0.25, -0.2) is 4.79 Å². The first kappa shape index (κ1) is 32.7. The molecular formula is C37H34ClN7O8. The van der Waals surface area contributed by atoms with Gasteiger partial charge < -0.3 is 55.3 Å². The van der Waals surface area contributed by atoms with Crippen LogP contribution in [0.3, 0.4) is 0 Å². The predicted octanol–water partition coefficient (Wildman–Crippen LogP) is 5.20. The van der Waals surface area contributed by atoms with Crippen LogP contribution in [0.25, 0.3) is 32.7 Å². The Balaban J connectivity index is 1.12. The first-order valence-corrected chi connectivity index (χ1v) is 17.5. The molecule has 9 rings (SSSR count). The number of aromatic nitrogens is 3. The largest absolute Gasteiger partial charge is 0.506 e. The third-order valence-electron chi connectivity index (χ3n) is 11.0. The lowest BCUT2D eigenvalue weighted by molar-refractivity contribution is 0.0977. The van der Waals surface area contributed by atoms with E-state index in [2.05, 4.69) is 15.0 Å². The summed E-state index contributed by atoms with van der Waals surface area (Å²) >= 11 is 6.43. The van der Waals surface area contributed by atoms with Crippen molar-refractivity contribution in [1.82, 2.24) is 15.0 Å². The number of urea groups is 1. The van der Waals surface area contributed by atoms with Gasteiger partial charge in [0.1, 0.15) is 17.1 Å². The molecule has 3 aliphatic rings. The molecule has 0 saturated heterocycles. The number of benzene rings is 3.